The van der Waals surface area contributed by atoms with Gasteiger partial charge >= 0.3 is 0 Å². The molecule has 0 aliphatic carbocycles. The van der Waals surface area contributed by atoms with Gasteiger partial charge in [-0.25, -0.2) is 0 Å². The van der Waals surface area contributed by atoms with Crippen molar-refractivity contribution < 1.29 is 9.47 Å². The first-order chi connectivity index (χ1) is 7.74. The molecule has 0 unspecified atom stereocenters. The van der Waals surface area contributed by atoms with Gasteiger partial charge in [0.05, 0.1) is 13.2 Å². The van der Waals surface area contributed by atoms with E-state index < -0.39 is 0 Å². The van der Waals surface area contributed by atoms with Gasteiger partial charge in [-0.3, -0.25) is 0 Å². The lowest BCUT2D eigenvalue weighted by Crippen LogP contribution is -2.14. The highest BCUT2D eigenvalue weighted by atomic mass is 16.5. The third kappa shape index (κ3) is 3.14. The average molecular weight is 223 g/mol. The molecular formula is C13H21NO2. The van der Waals surface area contributed by atoms with Gasteiger partial charge in [-0.05, 0) is 30.5 Å². The van der Waals surface area contributed by atoms with Crippen LogP contribution in [-0.4, -0.2) is 13.2 Å². The topological polar surface area (TPSA) is 44.5 Å². The van der Waals surface area contributed by atoms with E-state index in [0.29, 0.717) is 6.54 Å². The second-order valence-corrected chi connectivity index (χ2v) is 3.75. The van der Waals surface area contributed by atoms with Crippen LogP contribution in [0.15, 0.2) is 18.2 Å². The van der Waals surface area contributed by atoms with Crippen LogP contribution >= 0.6 is 0 Å². The molecule has 0 spiro atoms. The second-order valence-electron chi connectivity index (χ2n) is 3.75. The normalized spacial score (nSPS) is 10.6. The van der Waals surface area contributed by atoms with Gasteiger partial charge in [-0.1, -0.05) is 19.9 Å². The Kier molecular flexibility index (Phi) is 5.12. The van der Waals surface area contributed by atoms with Crippen molar-refractivity contribution in [1.29, 1.82) is 0 Å². The van der Waals surface area contributed by atoms with E-state index in [1.165, 1.54) is 0 Å². The lowest BCUT2D eigenvalue weighted by molar-refractivity contribution is 0.185. The van der Waals surface area contributed by atoms with Crippen LogP contribution in [0.2, 0.25) is 0 Å². The Hall–Kier alpha value is -1.22. The van der Waals surface area contributed by atoms with Crippen molar-refractivity contribution in [2.45, 2.75) is 39.3 Å². The first-order valence-corrected chi connectivity index (χ1v) is 5.78. The van der Waals surface area contributed by atoms with Crippen molar-refractivity contribution >= 4 is 0 Å². The summed E-state index contributed by atoms with van der Waals surface area (Å²) in [5.41, 5.74) is 6.67. The molecule has 0 saturated carbocycles. The van der Waals surface area contributed by atoms with Crippen molar-refractivity contribution in [3.8, 4) is 11.5 Å². The highest BCUT2D eigenvalue weighted by Gasteiger charge is 2.10. The molecule has 16 heavy (non-hydrogen) atoms. The lowest BCUT2D eigenvalue weighted by atomic mass is 10.2. The lowest BCUT2D eigenvalue weighted by Gasteiger charge is -2.18. The minimum absolute atomic E-state index is 0.238. The maximum Gasteiger partial charge on any atom is 0.161 e. The van der Waals surface area contributed by atoms with Gasteiger partial charge in [0.1, 0.15) is 0 Å². The van der Waals surface area contributed by atoms with E-state index in [-0.39, 0.29) is 6.10 Å². The maximum atomic E-state index is 5.90. The molecule has 90 valence electrons. The standard InChI is InChI=1S/C13H21NO2/c1-4-11(5-2)16-13-8-10(9-14)6-7-12(13)15-3/h6-8,11H,4-5,9,14H2,1-3H3. The van der Waals surface area contributed by atoms with Crippen LogP contribution in [-0.2, 0) is 6.54 Å². The van der Waals surface area contributed by atoms with E-state index in [0.717, 1.165) is 29.9 Å². The molecule has 0 heterocycles. The Morgan fingerprint density at radius 3 is 2.38 bits per heavy atom. The van der Waals surface area contributed by atoms with E-state index in [1.807, 2.05) is 18.2 Å². The summed E-state index contributed by atoms with van der Waals surface area (Å²) >= 11 is 0. The Bertz CT molecular complexity index is 322. The van der Waals surface area contributed by atoms with Crippen LogP contribution in [0.3, 0.4) is 0 Å². The quantitative estimate of drug-likeness (QED) is 0.806. The zero-order valence-electron chi connectivity index (χ0n) is 10.3. The predicted octanol–water partition coefficient (Wildman–Crippen LogP) is 2.72. The molecule has 0 aliphatic rings. The molecule has 1 aromatic rings. The number of rotatable bonds is 6. The summed E-state index contributed by atoms with van der Waals surface area (Å²) in [5.74, 6) is 1.56. The molecule has 0 atom stereocenters. The molecule has 0 bridgehead atoms. The zero-order valence-corrected chi connectivity index (χ0v) is 10.3. The van der Waals surface area contributed by atoms with Gasteiger partial charge in [-0.15, -0.1) is 0 Å². The van der Waals surface area contributed by atoms with E-state index in [9.17, 15) is 0 Å². The molecule has 3 nitrogen and oxygen atoms in total. The summed E-state index contributed by atoms with van der Waals surface area (Å²) in [6, 6.07) is 5.82. The number of hydrogen-bond donors (Lipinski definition) is 1. The van der Waals surface area contributed by atoms with E-state index >= 15 is 0 Å². The molecule has 0 aromatic heterocycles. The minimum atomic E-state index is 0.238. The number of methoxy groups -OCH3 is 1. The molecule has 1 aromatic carbocycles. The van der Waals surface area contributed by atoms with Crippen LogP contribution in [0.1, 0.15) is 32.3 Å². The molecule has 3 heteroatoms. The monoisotopic (exact) mass is 223 g/mol. The van der Waals surface area contributed by atoms with Gasteiger partial charge in [0.2, 0.25) is 0 Å². The zero-order chi connectivity index (χ0) is 12.0. The van der Waals surface area contributed by atoms with Crippen LogP contribution in [0, 0.1) is 0 Å². The Morgan fingerprint density at radius 2 is 1.88 bits per heavy atom. The van der Waals surface area contributed by atoms with Crippen LogP contribution in [0.5, 0.6) is 11.5 Å². The van der Waals surface area contributed by atoms with Gasteiger partial charge < -0.3 is 15.2 Å². The van der Waals surface area contributed by atoms with Crippen LogP contribution in [0.4, 0.5) is 0 Å². The highest BCUT2D eigenvalue weighted by Crippen LogP contribution is 2.29. The molecule has 0 radical (unpaired) electrons. The number of benzene rings is 1. The fourth-order valence-electron chi connectivity index (χ4n) is 1.58. The first kappa shape index (κ1) is 12.8. The Morgan fingerprint density at radius 1 is 1.19 bits per heavy atom. The van der Waals surface area contributed by atoms with Crippen molar-refractivity contribution in [2.75, 3.05) is 7.11 Å². The fraction of sp³-hybridized carbons (Fsp3) is 0.538. The minimum Gasteiger partial charge on any atom is -0.493 e. The van der Waals surface area contributed by atoms with Gasteiger partial charge in [0.25, 0.3) is 0 Å². The van der Waals surface area contributed by atoms with E-state index in [2.05, 4.69) is 13.8 Å². The summed E-state index contributed by atoms with van der Waals surface area (Å²) in [7, 11) is 1.65. The third-order valence-corrected chi connectivity index (χ3v) is 2.67. The van der Waals surface area contributed by atoms with Crippen molar-refractivity contribution in [2.24, 2.45) is 5.73 Å². The average Bonchev–Trinajstić information content (AvgIpc) is 2.35. The fourth-order valence-corrected chi connectivity index (χ4v) is 1.58. The molecule has 0 saturated heterocycles. The molecule has 1 rings (SSSR count). The van der Waals surface area contributed by atoms with Gasteiger partial charge in [0.15, 0.2) is 11.5 Å². The van der Waals surface area contributed by atoms with Crippen molar-refractivity contribution in [3.63, 3.8) is 0 Å². The molecular weight excluding hydrogens is 202 g/mol. The van der Waals surface area contributed by atoms with Gasteiger partial charge in [0, 0.05) is 6.54 Å². The number of hydrogen-bond acceptors (Lipinski definition) is 3. The highest BCUT2D eigenvalue weighted by molar-refractivity contribution is 5.43. The third-order valence-electron chi connectivity index (χ3n) is 2.67. The molecule has 2 N–H and O–H groups in total. The molecule has 0 fully saturated rings. The molecule has 0 amide bonds. The smallest absolute Gasteiger partial charge is 0.161 e. The summed E-state index contributed by atoms with van der Waals surface area (Å²) < 4.78 is 11.2. The maximum absolute atomic E-state index is 5.90. The first-order valence-electron chi connectivity index (χ1n) is 5.78. The summed E-state index contributed by atoms with van der Waals surface area (Å²) in [5, 5.41) is 0. The SMILES string of the molecule is CCC(CC)Oc1cc(CN)ccc1OC. The largest absolute Gasteiger partial charge is 0.493 e. The van der Waals surface area contributed by atoms with E-state index in [1.54, 1.807) is 7.11 Å². The Labute approximate surface area is 97.6 Å². The molecule has 0 aliphatic heterocycles. The van der Waals surface area contributed by atoms with Crippen molar-refractivity contribution in [1.82, 2.24) is 0 Å². The van der Waals surface area contributed by atoms with Crippen LogP contribution < -0.4 is 15.2 Å². The van der Waals surface area contributed by atoms with Crippen molar-refractivity contribution in [3.05, 3.63) is 23.8 Å². The summed E-state index contributed by atoms with van der Waals surface area (Å²) in [4.78, 5) is 0. The van der Waals surface area contributed by atoms with Crippen LogP contribution in [0.25, 0.3) is 0 Å². The second kappa shape index (κ2) is 6.38. The Balaban J connectivity index is 2.90. The summed E-state index contributed by atoms with van der Waals surface area (Å²) in [6.07, 6.45) is 2.22. The van der Waals surface area contributed by atoms with E-state index in [4.69, 9.17) is 15.2 Å². The van der Waals surface area contributed by atoms with Gasteiger partial charge in [-0.2, -0.15) is 0 Å². The number of ether oxygens (including phenoxy) is 2. The summed E-state index contributed by atoms with van der Waals surface area (Å²) in [6.45, 7) is 4.75. The number of nitrogens with two attached hydrogens (primary N) is 1. The predicted molar refractivity (Wildman–Crippen MR) is 65.9 cm³/mol.